The minimum atomic E-state index is -3.06. The molecule has 0 saturated carbocycles. The van der Waals surface area contributed by atoms with Crippen LogP contribution >= 0.6 is 0 Å². The summed E-state index contributed by atoms with van der Waals surface area (Å²) in [6.45, 7) is -1.41. The Kier molecular flexibility index (Phi) is 6.31. The number of aromatic nitrogens is 2. The smallest absolute Gasteiger partial charge is 0.387 e. The number of rotatable bonds is 6. The molecule has 1 heterocycles. The van der Waals surface area contributed by atoms with Crippen LogP contribution in [0.2, 0.25) is 0 Å². The third-order valence-electron chi connectivity index (χ3n) is 4.59. The molecule has 0 aliphatic rings. The molecule has 2 aromatic carbocycles. The van der Waals surface area contributed by atoms with Crippen LogP contribution in [-0.2, 0) is 11.8 Å². The van der Waals surface area contributed by atoms with Crippen molar-refractivity contribution in [3.63, 3.8) is 0 Å². The van der Waals surface area contributed by atoms with Crippen LogP contribution in [0.1, 0.15) is 11.3 Å². The summed E-state index contributed by atoms with van der Waals surface area (Å²) in [5.41, 5.74) is 0.363. The molecule has 0 saturated heterocycles. The van der Waals surface area contributed by atoms with Gasteiger partial charge in [0, 0.05) is 12.6 Å². The Morgan fingerprint density at radius 1 is 1.16 bits per heavy atom. The number of hydrogen-bond donors (Lipinski definition) is 1. The number of hydrogen-bond acceptors (Lipinski definition) is 4. The van der Waals surface area contributed by atoms with E-state index < -0.39 is 18.1 Å². The molecule has 1 amide bonds. The summed E-state index contributed by atoms with van der Waals surface area (Å²) < 4.78 is 32.6. The van der Waals surface area contributed by atoms with E-state index in [9.17, 15) is 23.6 Å². The van der Waals surface area contributed by atoms with Gasteiger partial charge in [-0.2, -0.15) is 14.0 Å². The van der Waals surface area contributed by atoms with E-state index in [0.717, 1.165) is 6.08 Å². The number of alkyl halides is 2. The van der Waals surface area contributed by atoms with Gasteiger partial charge < -0.3 is 10.1 Å². The van der Waals surface area contributed by atoms with Crippen LogP contribution in [0.3, 0.4) is 0 Å². The molecular formula is C22H18F2N4O3. The number of benzene rings is 2. The lowest BCUT2D eigenvalue weighted by Gasteiger charge is -2.08. The first-order valence-electron chi connectivity index (χ1n) is 9.14. The van der Waals surface area contributed by atoms with Gasteiger partial charge in [0.15, 0.2) is 0 Å². The Morgan fingerprint density at radius 2 is 1.81 bits per heavy atom. The predicted octanol–water partition coefficient (Wildman–Crippen LogP) is 3.63. The zero-order valence-electron chi connectivity index (χ0n) is 16.7. The van der Waals surface area contributed by atoms with Crippen LogP contribution in [0, 0.1) is 18.3 Å². The van der Waals surface area contributed by atoms with Gasteiger partial charge in [0.2, 0.25) is 0 Å². The Morgan fingerprint density at radius 3 is 2.45 bits per heavy atom. The van der Waals surface area contributed by atoms with Gasteiger partial charge in [0.25, 0.3) is 11.5 Å². The van der Waals surface area contributed by atoms with Crippen LogP contribution in [-0.4, -0.2) is 21.9 Å². The van der Waals surface area contributed by atoms with Crippen LogP contribution < -0.4 is 15.6 Å². The SMILES string of the molecule is Cc1c(NC(=O)C(C#N)=Cc2ccccc2OC(F)F)c(=O)n(-c2ccccc2)n1C. The molecule has 0 bridgehead atoms. The lowest BCUT2D eigenvalue weighted by Crippen LogP contribution is -2.23. The number of amides is 1. The summed E-state index contributed by atoms with van der Waals surface area (Å²) in [6.07, 6.45) is 1.13. The van der Waals surface area contributed by atoms with Gasteiger partial charge in [-0.15, -0.1) is 0 Å². The van der Waals surface area contributed by atoms with Crippen molar-refractivity contribution >= 4 is 17.7 Å². The van der Waals surface area contributed by atoms with Crippen molar-refractivity contribution < 1.29 is 18.3 Å². The maximum Gasteiger partial charge on any atom is 0.387 e. The van der Waals surface area contributed by atoms with Gasteiger partial charge in [-0.3, -0.25) is 14.3 Å². The monoisotopic (exact) mass is 424 g/mol. The van der Waals surface area contributed by atoms with Crippen molar-refractivity contribution in [2.24, 2.45) is 7.05 Å². The zero-order valence-corrected chi connectivity index (χ0v) is 16.7. The molecule has 7 nitrogen and oxygen atoms in total. The number of anilines is 1. The van der Waals surface area contributed by atoms with Crippen molar-refractivity contribution in [2.75, 3.05) is 5.32 Å². The average molecular weight is 424 g/mol. The second kappa shape index (κ2) is 9.09. The maximum absolute atomic E-state index is 12.9. The number of nitrogens with one attached hydrogen (secondary N) is 1. The van der Waals surface area contributed by atoms with E-state index in [4.69, 9.17) is 0 Å². The quantitative estimate of drug-likeness (QED) is 0.483. The van der Waals surface area contributed by atoms with Crippen molar-refractivity contribution in [1.29, 1.82) is 5.26 Å². The highest BCUT2D eigenvalue weighted by molar-refractivity contribution is 6.10. The van der Waals surface area contributed by atoms with Crippen molar-refractivity contribution in [2.45, 2.75) is 13.5 Å². The van der Waals surface area contributed by atoms with Gasteiger partial charge in [0.05, 0.1) is 11.4 Å². The molecule has 31 heavy (non-hydrogen) atoms. The number of para-hydroxylation sites is 2. The fourth-order valence-corrected chi connectivity index (χ4v) is 3.00. The summed E-state index contributed by atoms with van der Waals surface area (Å²) >= 11 is 0. The van der Waals surface area contributed by atoms with E-state index in [0.29, 0.717) is 11.4 Å². The third-order valence-corrected chi connectivity index (χ3v) is 4.59. The molecule has 0 radical (unpaired) electrons. The molecule has 0 unspecified atom stereocenters. The number of nitriles is 1. The molecule has 0 spiro atoms. The molecule has 0 fully saturated rings. The molecule has 1 aromatic heterocycles. The number of carbonyl (C=O) groups excluding carboxylic acids is 1. The number of carbonyl (C=O) groups is 1. The first-order chi connectivity index (χ1) is 14.8. The second-order valence-electron chi connectivity index (χ2n) is 6.48. The predicted molar refractivity (Wildman–Crippen MR) is 111 cm³/mol. The van der Waals surface area contributed by atoms with E-state index in [1.165, 1.54) is 22.9 Å². The first-order valence-corrected chi connectivity index (χ1v) is 9.14. The summed E-state index contributed by atoms with van der Waals surface area (Å²) in [5, 5.41) is 11.9. The van der Waals surface area contributed by atoms with Gasteiger partial charge >= 0.3 is 6.61 Å². The Balaban J connectivity index is 1.96. The van der Waals surface area contributed by atoms with Crippen molar-refractivity contribution in [3.05, 3.63) is 81.8 Å². The normalized spacial score (nSPS) is 11.3. The summed E-state index contributed by atoms with van der Waals surface area (Å²) in [6, 6.07) is 16.3. The number of ether oxygens (including phenoxy) is 1. The van der Waals surface area contributed by atoms with Crippen LogP contribution in [0.25, 0.3) is 11.8 Å². The summed E-state index contributed by atoms with van der Waals surface area (Å²) in [7, 11) is 1.67. The Labute approximate surface area is 176 Å². The molecule has 0 aliphatic carbocycles. The Bertz CT molecular complexity index is 1240. The van der Waals surface area contributed by atoms with Crippen molar-refractivity contribution in [3.8, 4) is 17.5 Å². The third kappa shape index (κ3) is 4.53. The topological polar surface area (TPSA) is 89.1 Å². The van der Waals surface area contributed by atoms with E-state index in [-0.39, 0.29) is 22.6 Å². The zero-order chi connectivity index (χ0) is 22.5. The van der Waals surface area contributed by atoms with Gasteiger partial charge in [-0.05, 0) is 31.2 Å². The van der Waals surface area contributed by atoms with Crippen molar-refractivity contribution in [1.82, 2.24) is 9.36 Å². The lowest BCUT2D eigenvalue weighted by molar-refractivity contribution is -0.112. The summed E-state index contributed by atoms with van der Waals surface area (Å²) in [4.78, 5) is 25.6. The average Bonchev–Trinajstić information content (AvgIpc) is 2.96. The highest BCUT2D eigenvalue weighted by Gasteiger charge is 2.20. The molecule has 0 atom stereocenters. The highest BCUT2D eigenvalue weighted by Crippen LogP contribution is 2.23. The van der Waals surface area contributed by atoms with Crippen LogP contribution in [0.4, 0.5) is 14.5 Å². The second-order valence-corrected chi connectivity index (χ2v) is 6.48. The molecular weight excluding hydrogens is 406 g/mol. The van der Waals surface area contributed by atoms with E-state index in [1.807, 2.05) is 6.07 Å². The Hall–Kier alpha value is -4.19. The van der Waals surface area contributed by atoms with Crippen LogP contribution in [0.5, 0.6) is 5.75 Å². The summed E-state index contributed by atoms with van der Waals surface area (Å²) in [5.74, 6) is -1.03. The van der Waals surface area contributed by atoms with Crippen LogP contribution in [0.15, 0.2) is 65.0 Å². The van der Waals surface area contributed by atoms with Gasteiger partial charge in [-0.25, -0.2) is 4.68 Å². The number of halogens is 2. The van der Waals surface area contributed by atoms with E-state index in [1.54, 1.807) is 55.1 Å². The largest absolute Gasteiger partial charge is 0.434 e. The lowest BCUT2D eigenvalue weighted by atomic mass is 10.1. The van der Waals surface area contributed by atoms with Gasteiger partial charge in [-0.1, -0.05) is 36.4 Å². The van der Waals surface area contributed by atoms with E-state index >= 15 is 0 Å². The highest BCUT2D eigenvalue weighted by atomic mass is 19.3. The first kappa shape index (κ1) is 21.5. The molecule has 158 valence electrons. The molecule has 9 heteroatoms. The molecule has 1 N–H and O–H groups in total. The standard InChI is InChI=1S/C22H18F2N4O3/c1-14-19(21(30)28(27(14)2)17-9-4-3-5-10-17)26-20(29)16(13-25)12-15-8-6-7-11-18(15)31-22(23)24/h3-12,22H,1-2H3,(H,26,29). The minimum absolute atomic E-state index is 0.00891. The minimum Gasteiger partial charge on any atom is -0.434 e. The fraction of sp³-hybridized carbons (Fsp3) is 0.136. The van der Waals surface area contributed by atoms with E-state index in [2.05, 4.69) is 10.1 Å². The molecule has 3 aromatic rings. The number of nitrogens with zero attached hydrogens (tertiary/aromatic N) is 3. The molecule has 3 rings (SSSR count). The fourth-order valence-electron chi connectivity index (χ4n) is 3.00. The maximum atomic E-state index is 12.9. The molecule has 0 aliphatic heterocycles. The van der Waals surface area contributed by atoms with Gasteiger partial charge in [0.1, 0.15) is 23.1 Å².